The normalized spacial score (nSPS) is 21.4. The first-order valence-electron chi connectivity index (χ1n) is 11.7. The Bertz CT molecular complexity index is 1200. The highest BCUT2D eigenvalue weighted by molar-refractivity contribution is 7.99. The molecule has 1 atom stereocenters. The third-order valence-electron chi connectivity index (χ3n) is 7.64. The summed E-state index contributed by atoms with van der Waals surface area (Å²) < 4.78 is 14.9. The van der Waals surface area contributed by atoms with Crippen LogP contribution in [0.25, 0.3) is 0 Å². The molecule has 0 unspecified atom stereocenters. The monoisotopic (exact) mass is 461 g/mol. The Morgan fingerprint density at radius 1 is 1.03 bits per heavy atom. The van der Waals surface area contributed by atoms with Crippen LogP contribution in [0.1, 0.15) is 54.3 Å². The lowest BCUT2D eigenvalue weighted by Crippen LogP contribution is -2.44. The summed E-state index contributed by atoms with van der Waals surface area (Å²) in [6.07, 6.45) is 6.97. The Labute approximate surface area is 197 Å². The first-order valence-corrected chi connectivity index (χ1v) is 12.5. The maximum absolute atomic E-state index is 14.9. The maximum Gasteiger partial charge on any atom is 0.158 e. The molecular weight excluding hydrogens is 433 g/mol. The topological polar surface area (TPSA) is 81.1 Å². The zero-order valence-electron chi connectivity index (χ0n) is 18.5. The predicted molar refractivity (Wildman–Crippen MR) is 130 cm³/mol. The molecule has 0 radical (unpaired) electrons. The predicted octanol–water partition coefficient (Wildman–Crippen LogP) is 5.07. The largest absolute Gasteiger partial charge is 0.381 e. The molecule has 3 aromatic rings. The van der Waals surface area contributed by atoms with Crippen LogP contribution in [-0.4, -0.2) is 23.1 Å². The molecule has 2 heterocycles. The Morgan fingerprint density at radius 3 is 2.52 bits per heavy atom. The van der Waals surface area contributed by atoms with Crippen molar-refractivity contribution in [3.8, 4) is 0 Å². The fourth-order valence-corrected chi connectivity index (χ4v) is 6.34. The summed E-state index contributed by atoms with van der Waals surface area (Å²) in [5, 5.41) is 0.548. The van der Waals surface area contributed by atoms with Crippen molar-refractivity contribution in [2.75, 3.05) is 23.7 Å². The highest BCUT2D eigenvalue weighted by atomic mass is 32.2. The number of fused-ring (bicyclic) bond motifs is 1. The van der Waals surface area contributed by atoms with Gasteiger partial charge >= 0.3 is 0 Å². The van der Waals surface area contributed by atoms with E-state index in [1.165, 1.54) is 22.9 Å². The van der Waals surface area contributed by atoms with Crippen molar-refractivity contribution in [1.82, 2.24) is 9.97 Å². The molecule has 1 aliphatic heterocycles. The summed E-state index contributed by atoms with van der Waals surface area (Å²) in [5.74, 6) is 1.34. The average Bonchev–Trinajstić information content (AvgIpc) is 3.63. The Morgan fingerprint density at radius 2 is 1.79 bits per heavy atom. The number of benzene rings is 2. The third kappa shape index (κ3) is 3.67. The Balaban J connectivity index is 1.16. The van der Waals surface area contributed by atoms with Gasteiger partial charge in [0.1, 0.15) is 16.7 Å². The van der Waals surface area contributed by atoms with E-state index in [0.717, 1.165) is 56.6 Å². The number of anilines is 2. The minimum Gasteiger partial charge on any atom is -0.381 e. The van der Waals surface area contributed by atoms with Gasteiger partial charge in [-0.05, 0) is 66.2 Å². The van der Waals surface area contributed by atoms with Gasteiger partial charge in [0.15, 0.2) is 5.82 Å². The fraction of sp³-hybridized carbons (Fsp3) is 0.385. The van der Waals surface area contributed by atoms with Crippen LogP contribution in [0.15, 0.2) is 58.6 Å². The van der Waals surface area contributed by atoms with Gasteiger partial charge < -0.3 is 16.4 Å². The van der Waals surface area contributed by atoms with E-state index >= 15 is 0 Å². The van der Waals surface area contributed by atoms with Gasteiger partial charge in [0, 0.05) is 24.0 Å². The van der Waals surface area contributed by atoms with Gasteiger partial charge in [0.2, 0.25) is 0 Å². The molecule has 4 N–H and O–H groups in total. The minimum absolute atomic E-state index is 0.0899. The third-order valence-corrected chi connectivity index (χ3v) is 8.69. The van der Waals surface area contributed by atoms with E-state index in [4.69, 9.17) is 11.5 Å². The Kier molecular flexibility index (Phi) is 5.07. The van der Waals surface area contributed by atoms with Gasteiger partial charge in [-0.15, -0.1) is 0 Å². The fourth-order valence-electron chi connectivity index (χ4n) is 5.52. The van der Waals surface area contributed by atoms with Crippen LogP contribution in [0.3, 0.4) is 0 Å². The molecule has 6 rings (SSSR count). The molecule has 5 nitrogen and oxygen atoms in total. The molecule has 1 saturated carbocycles. The Hall–Kier alpha value is -2.64. The maximum atomic E-state index is 14.9. The molecule has 0 bridgehead atoms. The number of halogens is 1. The van der Waals surface area contributed by atoms with Crippen molar-refractivity contribution < 1.29 is 4.39 Å². The molecule has 3 aliphatic rings. The molecule has 2 aliphatic carbocycles. The summed E-state index contributed by atoms with van der Waals surface area (Å²) in [6, 6.07) is 14.2. The second-order valence-electron chi connectivity index (χ2n) is 9.66. The summed E-state index contributed by atoms with van der Waals surface area (Å²) in [4.78, 5) is 12.0. The van der Waals surface area contributed by atoms with Crippen molar-refractivity contribution in [1.29, 1.82) is 0 Å². The molecule has 2 fully saturated rings. The van der Waals surface area contributed by atoms with Crippen molar-refractivity contribution in [3.63, 3.8) is 0 Å². The zero-order chi connectivity index (χ0) is 22.6. The summed E-state index contributed by atoms with van der Waals surface area (Å²) >= 11 is 1.26. The summed E-state index contributed by atoms with van der Waals surface area (Å²) in [7, 11) is 0. The second kappa shape index (κ2) is 7.99. The highest BCUT2D eigenvalue weighted by Crippen LogP contribution is 2.51. The van der Waals surface area contributed by atoms with Crippen molar-refractivity contribution in [3.05, 3.63) is 71.2 Å². The van der Waals surface area contributed by atoms with E-state index < -0.39 is 0 Å². The highest BCUT2D eigenvalue weighted by Gasteiger charge is 2.45. The lowest BCUT2D eigenvalue weighted by molar-refractivity contribution is 0.187. The average molecular weight is 462 g/mol. The summed E-state index contributed by atoms with van der Waals surface area (Å²) in [6.45, 7) is 1.75. The van der Waals surface area contributed by atoms with E-state index in [1.54, 1.807) is 12.3 Å². The first-order chi connectivity index (χ1) is 16.0. The molecule has 1 aromatic heterocycles. The molecule has 0 amide bonds. The number of aromatic nitrogens is 2. The molecule has 170 valence electrons. The number of piperidine rings is 1. The van der Waals surface area contributed by atoms with Crippen LogP contribution < -0.4 is 16.4 Å². The molecule has 33 heavy (non-hydrogen) atoms. The number of nitrogens with zero attached hydrogens (tertiary/aromatic N) is 3. The molecule has 1 spiro atoms. The van der Waals surface area contributed by atoms with Crippen LogP contribution in [0.5, 0.6) is 0 Å². The van der Waals surface area contributed by atoms with E-state index in [0.29, 0.717) is 21.7 Å². The van der Waals surface area contributed by atoms with Gasteiger partial charge in [0.05, 0.1) is 6.20 Å². The van der Waals surface area contributed by atoms with Crippen LogP contribution >= 0.6 is 11.8 Å². The first kappa shape index (κ1) is 20.9. The molecule has 7 heteroatoms. The van der Waals surface area contributed by atoms with E-state index in [9.17, 15) is 4.39 Å². The number of hydrogen-bond donors (Lipinski definition) is 2. The number of nitrogen functional groups attached to an aromatic ring is 1. The molecule has 1 saturated heterocycles. The number of nitrogens with two attached hydrogens (primary N) is 2. The van der Waals surface area contributed by atoms with E-state index in [-0.39, 0.29) is 17.3 Å². The smallest absolute Gasteiger partial charge is 0.158 e. The minimum atomic E-state index is -0.148. The number of hydrogen-bond acceptors (Lipinski definition) is 6. The quantitative estimate of drug-likeness (QED) is 0.565. The van der Waals surface area contributed by atoms with E-state index in [2.05, 4.69) is 39.1 Å². The molecular formula is C26H28FN5S. The molecule has 2 aromatic carbocycles. The standard InChI is InChI=1S/C26H28FN5S/c27-22-18(16-8-9-16)6-3-7-20(22)33-25-24(29)31-21(15-30-25)32-12-10-26(11-13-32)14-17-4-1-2-5-19(17)23(26)28/h1-7,15-16,23H,8-14,28H2,(H2,29,31)/t23-/m1/s1. The van der Waals surface area contributed by atoms with Crippen molar-refractivity contribution >= 4 is 23.4 Å². The van der Waals surface area contributed by atoms with E-state index in [1.807, 2.05) is 12.1 Å². The van der Waals surface area contributed by atoms with Gasteiger partial charge in [-0.1, -0.05) is 48.2 Å². The van der Waals surface area contributed by atoms with Crippen LogP contribution in [0, 0.1) is 11.2 Å². The zero-order valence-corrected chi connectivity index (χ0v) is 19.3. The van der Waals surface area contributed by atoms with Crippen molar-refractivity contribution in [2.24, 2.45) is 11.1 Å². The van der Waals surface area contributed by atoms with Crippen LogP contribution in [0.2, 0.25) is 0 Å². The summed E-state index contributed by atoms with van der Waals surface area (Å²) in [5.41, 5.74) is 16.6. The second-order valence-corrected chi connectivity index (χ2v) is 10.7. The lowest BCUT2D eigenvalue weighted by Gasteiger charge is -2.42. The SMILES string of the molecule is Nc1nc(N2CCC3(CC2)Cc2ccccc2[C@H]3N)cnc1Sc1cccc(C2CC2)c1F. The van der Waals surface area contributed by atoms with Gasteiger partial charge in [-0.3, -0.25) is 0 Å². The van der Waals surface area contributed by atoms with Crippen LogP contribution in [0.4, 0.5) is 16.0 Å². The van der Waals surface area contributed by atoms with Crippen molar-refractivity contribution in [2.45, 2.75) is 54.0 Å². The van der Waals surface area contributed by atoms with Gasteiger partial charge in [-0.25, -0.2) is 14.4 Å². The van der Waals surface area contributed by atoms with Gasteiger partial charge in [0.25, 0.3) is 0 Å². The van der Waals surface area contributed by atoms with Crippen LogP contribution in [-0.2, 0) is 6.42 Å². The number of rotatable bonds is 4. The van der Waals surface area contributed by atoms with Gasteiger partial charge in [-0.2, -0.15) is 0 Å². The lowest BCUT2D eigenvalue weighted by atomic mass is 9.73.